The fourth-order valence-corrected chi connectivity index (χ4v) is 3.60. The SMILES string of the molecule is CNC(=O)COc1ccc(C(=O)N2CCCN(C(=O)Nc3cccc(Cl)c3)CC2)cc1OC. The first-order chi connectivity index (χ1) is 15.9. The van der Waals surface area contributed by atoms with Gasteiger partial charge in [0.2, 0.25) is 0 Å². The van der Waals surface area contributed by atoms with Crippen LogP contribution in [-0.4, -0.2) is 74.6 Å². The Labute approximate surface area is 197 Å². The third-order valence-electron chi connectivity index (χ3n) is 5.19. The number of methoxy groups -OCH3 is 1. The van der Waals surface area contributed by atoms with Gasteiger partial charge in [0.1, 0.15) is 0 Å². The highest BCUT2D eigenvalue weighted by Crippen LogP contribution is 2.28. The number of rotatable bonds is 6. The largest absolute Gasteiger partial charge is 0.493 e. The summed E-state index contributed by atoms with van der Waals surface area (Å²) >= 11 is 5.98. The lowest BCUT2D eigenvalue weighted by Crippen LogP contribution is -2.39. The summed E-state index contributed by atoms with van der Waals surface area (Å²) in [6.07, 6.45) is 0.652. The Hall–Kier alpha value is -3.46. The molecule has 1 heterocycles. The molecule has 0 aromatic heterocycles. The summed E-state index contributed by atoms with van der Waals surface area (Å²) in [6, 6.07) is 11.6. The van der Waals surface area contributed by atoms with Gasteiger partial charge in [0.15, 0.2) is 18.1 Å². The Balaban J connectivity index is 1.61. The molecule has 0 bridgehead atoms. The summed E-state index contributed by atoms with van der Waals surface area (Å²) in [5.74, 6) is 0.299. The molecule has 4 amide bonds. The van der Waals surface area contributed by atoms with Crippen molar-refractivity contribution >= 4 is 35.1 Å². The van der Waals surface area contributed by atoms with Crippen molar-refractivity contribution < 1.29 is 23.9 Å². The fraction of sp³-hybridized carbons (Fsp3) is 0.348. The number of carbonyl (C=O) groups excluding carboxylic acids is 3. The predicted molar refractivity (Wildman–Crippen MR) is 125 cm³/mol. The van der Waals surface area contributed by atoms with E-state index in [4.69, 9.17) is 21.1 Å². The molecule has 2 aromatic carbocycles. The van der Waals surface area contributed by atoms with Crippen LogP contribution in [0, 0.1) is 0 Å². The number of likely N-dealkylation sites (N-methyl/N-ethyl adjacent to an activating group) is 1. The van der Waals surface area contributed by atoms with Gasteiger partial charge < -0.3 is 29.9 Å². The quantitative estimate of drug-likeness (QED) is 0.670. The molecule has 0 saturated carbocycles. The molecule has 2 N–H and O–H groups in total. The van der Waals surface area contributed by atoms with Gasteiger partial charge in [0.05, 0.1) is 7.11 Å². The topological polar surface area (TPSA) is 100 Å². The van der Waals surface area contributed by atoms with Gasteiger partial charge in [-0.2, -0.15) is 0 Å². The lowest BCUT2D eigenvalue weighted by Gasteiger charge is -2.23. The summed E-state index contributed by atoms with van der Waals surface area (Å²) in [7, 11) is 2.99. The Morgan fingerprint density at radius 1 is 1.00 bits per heavy atom. The zero-order chi connectivity index (χ0) is 23.8. The minimum atomic E-state index is -0.272. The lowest BCUT2D eigenvalue weighted by atomic mass is 10.1. The number of hydrogen-bond acceptors (Lipinski definition) is 5. The average molecular weight is 475 g/mol. The van der Waals surface area contributed by atoms with Crippen molar-refractivity contribution in [3.8, 4) is 11.5 Å². The molecule has 0 aliphatic carbocycles. The van der Waals surface area contributed by atoms with Gasteiger partial charge in [-0.1, -0.05) is 17.7 Å². The molecule has 1 fully saturated rings. The van der Waals surface area contributed by atoms with Crippen molar-refractivity contribution in [2.75, 3.05) is 52.3 Å². The summed E-state index contributed by atoms with van der Waals surface area (Å²) in [6.45, 7) is 1.71. The number of amides is 4. The summed E-state index contributed by atoms with van der Waals surface area (Å²) < 4.78 is 10.8. The first-order valence-electron chi connectivity index (χ1n) is 10.5. The molecule has 0 spiro atoms. The van der Waals surface area contributed by atoms with E-state index in [9.17, 15) is 14.4 Å². The Kier molecular flexibility index (Phi) is 8.37. The Bertz CT molecular complexity index is 1020. The Morgan fingerprint density at radius 3 is 2.48 bits per heavy atom. The maximum Gasteiger partial charge on any atom is 0.321 e. The predicted octanol–water partition coefficient (Wildman–Crippen LogP) is 2.85. The van der Waals surface area contributed by atoms with Crippen LogP contribution in [-0.2, 0) is 4.79 Å². The maximum atomic E-state index is 13.1. The second kappa shape index (κ2) is 11.4. The van der Waals surface area contributed by atoms with E-state index in [1.54, 1.807) is 52.3 Å². The summed E-state index contributed by atoms with van der Waals surface area (Å²) in [5, 5.41) is 5.86. The molecular weight excluding hydrogens is 448 g/mol. The number of nitrogens with one attached hydrogen (secondary N) is 2. The van der Waals surface area contributed by atoms with Crippen LogP contribution in [0.3, 0.4) is 0 Å². The first kappa shape index (κ1) is 24.2. The first-order valence-corrected chi connectivity index (χ1v) is 10.9. The van der Waals surface area contributed by atoms with Crippen molar-refractivity contribution in [1.29, 1.82) is 0 Å². The van der Waals surface area contributed by atoms with Crippen molar-refractivity contribution in [2.45, 2.75) is 6.42 Å². The van der Waals surface area contributed by atoms with Crippen molar-refractivity contribution in [3.05, 3.63) is 53.1 Å². The number of anilines is 1. The van der Waals surface area contributed by atoms with Gasteiger partial charge in [-0.25, -0.2) is 4.79 Å². The van der Waals surface area contributed by atoms with E-state index in [-0.39, 0.29) is 24.5 Å². The molecule has 9 nitrogen and oxygen atoms in total. The smallest absolute Gasteiger partial charge is 0.321 e. The van der Waals surface area contributed by atoms with Gasteiger partial charge in [-0.05, 0) is 42.8 Å². The van der Waals surface area contributed by atoms with E-state index in [1.807, 2.05) is 0 Å². The standard InChI is InChI=1S/C23H27ClN4O5/c1-25-21(29)15-33-19-8-7-16(13-20(19)32-2)22(30)27-9-4-10-28(12-11-27)23(31)26-18-6-3-5-17(24)14-18/h3,5-8,13-14H,4,9-12,15H2,1-2H3,(H,25,29)(H,26,31). The van der Waals surface area contributed by atoms with Gasteiger partial charge in [-0.3, -0.25) is 9.59 Å². The molecule has 10 heteroatoms. The second-order valence-electron chi connectivity index (χ2n) is 7.40. The van der Waals surface area contributed by atoms with E-state index in [2.05, 4.69) is 10.6 Å². The number of halogens is 1. The number of urea groups is 1. The summed E-state index contributed by atoms with van der Waals surface area (Å²) in [4.78, 5) is 40.5. The highest BCUT2D eigenvalue weighted by Gasteiger charge is 2.24. The van der Waals surface area contributed by atoms with Crippen molar-refractivity contribution in [2.24, 2.45) is 0 Å². The van der Waals surface area contributed by atoms with Gasteiger partial charge in [0.25, 0.3) is 11.8 Å². The van der Waals surface area contributed by atoms with Crippen LogP contribution in [0.1, 0.15) is 16.8 Å². The summed E-state index contributed by atoms with van der Waals surface area (Å²) in [5.41, 5.74) is 1.06. The Morgan fingerprint density at radius 2 is 1.76 bits per heavy atom. The molecule has 176 valence electrons. The molecular formula is C23H27ClN4O5. The third-order valence-corrected chi connectivity index (χ3v) is 5.43. The minimum absolute atomic E-state index is 0.153. The van der Waals surface area contributed by atoms with E-state index < -0.39 is 0 Å². The number of hydrogen-bond donors (Lipinski definition) is 2. The number of nitrogens with zero attached hydrogens (tertiary/aromatic N) is 2. The van der Waals surface area contributed by atoms with E-state index >= 15 is 0 Å². The monoisotopic (exact) mass is 474 g/mol. The number of benzene rings is 2. The highest BCUT2D eigenvalue weighted by molar-refractivity contribution is 6.30. The molecule has 0 radical (unpaired) electrons. The van der Waals surface area contributed by atoms with Crippen molar-refractivity contribution in [3.63, 3.8) is 0 Å². The van der Waals surface area contributed by atoms with E-state index in [1.165, 1.54) is 14.2 Å². The van der Waals surface area contributed by atoms with Crippen LogP contribution in [0.15, 0.2) is 42.5 Å². The van der Waals surface area contributed by atoms with E-state index in [0.717, 1.165) is 0 Å². The average Bonchev–Trinajstić information content (AvgIpc) is 3.08. The van der Waals surface area contributed by atoms with Gasteiger partial charge in [-0.15, -0.1) is 0 Å². The lowest BCUT2D eigenvalue weighted by molar-refractivity contribution is -0.122. The second-order valence-corrected chi connectivity index (χ2v) is 7.84. The number of ether oxygens (including phenoxy) is 2. The zero-order valence-electron chi connectivity index (χ0n) is 18.6. The molecule has 3 rings (SSSR count). The van der Waals surface area contributed by atoms with Crippen LogP contribution in [0.5, 0.6) is 11.5 Å². The normalized spacial score (nSPS) is 13.7. The molecule has 1 saturated heterocycles. The van der Waals surface area contributed by atoms with Gasteiger partial charge >= 0.3 is 6.03 Å². The molecule has 0 unspecified atom stereocenters. The third kappa shape index (κ3) is 6.52. The van der Waals surface area contributed by atoms with Crippen LogP contribution >= 0.6 is 11.6 Å². The van der Waals surface area contributed by atoms with Crippen molar-refractivity contribution in [1.82, 2.24) is 15.1 Å². The molecule has 0 atom stereocenters. The van der Waals surface area contributed by atoms with Crippen LogP contribution in [0.25, 0.3) is 0 Å². The van der Waals surface area contributed by atoms with Gasteiger partial charge in [0, 0.05) is 49.5 Å². The molecule has 1 aliphatic heterocycles. The minimum Gasteiger partial charge on any atom is -0.493 e. The fourth-order valence-electron chi connectivity index (χ4n) is 3.41. The zero-order valence-corrected chi connectivity index (χ0v) is 19.4. The van der Waals surface area contributed by atoms with Crippen LogP contribution in [0.2, 0.25) is 5.02 Å². The maximum absolute atomic E-state index is 13.1. The molecule has 2 aromatic rings. The van der Waals surface area contributed by atoms with Crippen LogP contribution < -0.4 is 20.1 Å². The highest BCUT2D eigenvalue weighted by atomic mass is 35.5. The van der Waals surface area contributed by atoms with Crippen LogP contribution in [0.4, 0.5) is 10.5 Å². The molecule has 33 heavy (non-hydrogen) atoms. The molecule has 1 aliphatic rings. The van der Waals surface area contributed by atoms with E-state index in [0.29, 0.717) is 60.4 Å². The number of carbonyl (C=O) groups is 3.